The average Bonchev–Trinajstić information content (AvgIpc) is 3.34. The predicted molar refractivity (Wildman–Crippen MR) is 109 cm³/mol. The van der Waals surface area contributed by atoms with E-state index in [4.69, 9.17) is 16.3 Å². The molecule has 3 aliphatic heterocycles. The van der Waals surface area contributed by atoms with Gasteiger partial charge in [0.05, 0.1) is 5.92 Å². The fourth-order valence-electron chi connectivity index (χ4n) is 4.84. The Hall–Kier alpha value is -1.79. The van der Waals surface area contributed by atoms with Gasteiger partial charge in [0.2, 0.25) is 5.91 Å². The Morgan fingerprint density at radius 3 is 2.61 bits per heavy atom. The predicted octanol–water partition coefficient (Wildman–Crippen LogP) is 3.53. The van der Waals surface area contributed by atoms with E-state index in [0.717, 1.165) is 44.3 Å². The zero-order valence-corrected chi connectivity index (χ0v) is 17.1. The van der Waals surface area contributed by atoms with E-state index in [9.17, 15) is 9.59 Å². The first-order chi connectivity index (χ1) is 13.5. The van der Waals surface area contributed by atoms with E-state index in [2.05, 4.69) is 5.32 Å². The van der Waals surface area contributed by atoms with Crippen LogP contribution in [0.1, 0.15) is 31.2 Å². The second-order valence-corrected chi connectivity index (χ2v) is 8.69. The van der Waals surface area contributed by atoms with Crippen LogP contribution in [0.2, 0.25) is 5.02 Å². The van der Waals surface area contributed by atoms with Crippen LogP contribution < -0.4 is 5.32 Å². The Bertz CT molecular complexity index is 757. The molecular weight excluding hydrogens is 378 g/mol. The summed E-state index contributed by atoms with van der Waals surface area (Å²) < 4.78 is 5.57. The van der Waals surface area contributed by atoms with E-state index < -0.39 is 0 Å². The van der Waals surface area contributed by atoms with E-state index in [-0.39, 0.29) is 23.3 Å². The number of benzene rings is 1. The molecule has 4 rings (SSSR count). The lowest BCUT2D eigenvalue weighted by molar-refractivity contribution is -0.139. The van der Waals surface area contributed by atoms with Gasteiger partial charge in [-0.15, -0.1) is 0 Å². The Morgan fingerprint density at radius 2 is 1.89 bits per heavy atom. The molecule has 0 radical (unpaired) electrons. The quantitative estimate of drug-likeness (QED) is 0.818. The number of likely N-dealkylation sites (tertiary alicyclic amines) is 2. The number of carbonyl (C=O) groups is 2. The molecule has 3 heterocycles. The number of nitrogens with zero attached hydrogens (tertiary/aromatic N) is 2. The number of nitrogens with one attached hydrogen (secondary N) is 1. The lowest BCUT2D eigenvalue weighted by Crippen LogP contribution is -2.45. The highest BCUT2D eigenvalue weighted by molar-refractivity contribution is 6.31. The van der Waals surface area contributed by atoms with Crippen LogP contribution in [0.15, 0.2) is 18.2 Å². The minimum absolute atomic E-state index is 0.138. The molecule has 3 fully saturated rings. The van der Waals surface area contributed by atoms with Gasteiger partial charge in [-0.1, -0.05) is 17.7 Å². The number of hydrogen-bond donors (Lipinski definition) is 1. The number of halogens is 1. The third-order valence-electron chi connectivity index (χ3n) is 6.65. The lowest BCUT2D eigenvalue weighted by atomic mass is 9.71. The highest BCUT2D eigenvalue weighted by Crippen LogP contribution is 2.45. The lowest BCUT2D eigenvalue weighted by Gasteiger charge is -2.38. The van der Waals surface area contributed by atoms with Crippen molar-refractivity contribution in [3.8, 4) is 0 Å². The summed E-state index contributed by atoms with van der Waals surface area (Å²) in [4.78, 5) is 30.1. The zero-order chi connectivity index (χ0) is 19.7. The van der Waals surface area contributed by atoms with Crippen molar-refractivity contribution in [3.05, 3.63) is 28.8 Å². The van der Waals surface area contributed by atoms with Gasteiger partial charge in [-0.25, -0.2) is 4.79 Å². The van der Waals surface area contributed by atoms with Crippen LogP contribution in [0, 0.1) is 18.3 Å². The molecule has 3 saturated heterocycles. The van der Waals surface area contributed by atoms with Crippen LogP contribution in [0.3, 0.4) is 0 Å². The van der Waals surface area contributed by atoms with Gasteiger partial charge >= 0.3 is 6.03 Å². The highest BCUT2D eigenvalue weighted by Gasteiger charge is 2.52. The number of urea groups is 1. The van der Waals surface area contributed by atoms with Gasteiger partial charge in [0.15, 0.2) is 0 Å². The summed E-state index contributed by atoms with van der Waals surface area (Å²) in [7, 11) is 0. The normalized spacial score (nSPS) is 24.0. The van der Waals surface area contributed by atoms with Crippen molar-refractivity contribution in [1.29, 1.82) is 0 Å². The van der Waals surface area contributed by atoms with Crippen molar-refractivity contribution < 1.29 is 14.3 Å². The maximum atomic E-state index is 13.3. The number of hydrogen-bond acceptors (Lipinski definition) is 3. The fourth-order valence-corrected chi connectivity index (χ4v) is 5.02. The Morgan fingerprint density at radius 1 is 1.18 bits per heavy atom. The molecule has 6 nitrogen and oxygen atoms in total. The van der Waals surface area contributed by atoms with E-state index in [1.165, 1.54) is 0 Å². The van der Waals surface area contributed by atoms with Crippen LogP contribution in [-0.4, -0.2) is 61.1 Å². The minimum Gasteiger partial charge on any atom is -0.381 e. The van der Waals surface area contributed by atoms with E-state index in [1.54, 1.807) is 0 Å². The molecule has 1 unspecified atom stereocenters. The smallest absolute Gasteiger partial charge is 0.321 e. The molecule has 1 aromatic rings. The molecule has 152 valence electrons. The molecule has 3 aliphatic rings. The third kappa shape index (κ3) is 3.60. The number of carbonyl (C=O) groups excluding carboxylic acids is 2. The molecule has 1 aromatic carbocycles. The average molecular weight is 406 g/mol. The van der Waals surface area contributed by atoms with Crippen LogP contribution in [0.4, 0.5) is 10.5 Å². The highest BCUT2D eigenvalue weighted by atomic mass is 35.5. The monoisotopic (exact) mass is 405 g/mol. The Kier molecular flexibility index (Phi) is 5.52. The van der Waals surface area contributed by atoms with Crippen LogP contribution in [0.5, 0.6) is 0 Å². The van der Waals surface area contributed by atoms with Crippen molar-refractivity contribution in [1.82, 2.24) is 9.80 Å². The summed E-state index contributed by atoms with van der Waals surface area (Å²) >= 11 is 6.18. The summed E-state index contributed by atoms with van der Waals surface area (Å²) in [5.41, 5.74) is 1.40. The minimum atomic E-state index is -0.168. The third-order valence-corrected chi connectivity index (χ3v) is 7.06. The SMILES string of the molecule is Cc1c(Cl)cccc1NC(=O)N1CC(C(=O)N2CCCC2)C2(CCOCC2)C1. The molecule has 0 bridgehead atoms. The van der Waals surface area contributed by atoms with Crippen molar-refractivity contribution in [2.45, 2.75) is 32.6 Å². The molecule has 0 aromatic heterocycles. The standard InChI is InChI=1S/C21H28ClN3O3/c1-15-17(22)5-4-6-18(15)23-20(27)25-13-16(19(26)24-9-2-3-10-24)21(14-25)7-11-28-12-8-21/h4-6,16H,2-3,7-14H2,1H3,(H,23,27). The van der Waals surface area contributed by atoms with Gasteiger partial charge in [-0.2, -0.15) is 0 Å². The van der Waals surface area contributed by atoms with Gasteiger partial charge in [0.1, 0.15) is 0 Å². The van der Waals surface area contributed by atoms with E-state index in [0.29, 0.717) is 37.0 Å². The van der Waals surface area contributed by atoms with Gasteiger partial charge in [0, 0.05) is 55.5 Å². The Labute approximate surface area is 171 Å². The fraction of sp³-hybridized carbons (Fsp3) is 0.619. The molecule has 7 heteroatoms. The van der Waals surface area contributed by atoms with E-state index in [1.807, 2.05) is 34.9 Å². The molecule has 0 saturated carbocycles. The number of anilines is 1. The number of rotatable bonds is 2. The first-order valence-corrected chi connectivity index (χ1v) is 10.6. The second-order valence-electron chi connectivity index (χ2n) is 8.28. The molecule has 0 aliphatic carbocycles. The number of amides is 3. The molecule has 3 amide bonds. The number of ether oxygens (including phenoxy) is 1. The van der Waals surface area contributed by atoms with Crippen molar-refractivity contribution >= 4 is 29.2 Å². The summed E-state index contributed by atoms with van der Waals surface area (Å²) in [6.45, 7) is 5.97. The largest absolute Gasteiger partial charge is 0.381 e. The molecule has 28 heavy (non-hydrogen) atoms. The van der Waals surface area contributed by atoms with Gasteiger partial charge in [0.25, 0.3) is 0 Å². The van der Waals surface area contributed by atoms with Crippen LogP contribution >= 0.6 is 11.6 Å². The second kappa shape index (κ2) is 7.91. The first-order valence-electron chi connectivity index (χ1n) is 10.2. The van der Waals surface area contributed by atoms with Gasteiger partial charge in [-0.3, -0.25) is 4.79 Å². The van der Waals surface area contributed by atoms with Crippen LogP contribution in [0.25, 0.3) is 0 Å². The maximum absolute atomic E-state index is 13.3. The summed E-state index contributed by atoms with van der Waals surface area (Å²) in [5.74, 6) is 0.0781. The van der Waals surface area contributed by atoms with Crippen molar-refractivity contribution in [3.63, 3.8) is 0 Å². The summed E-state index contributed by atoms with van der Waals surface area (Å²) in [6.07, 6.45) is 3.81. The van der Waals surface area contributed by atoms with Crippen molar-refractivity contribution in [2.75, 3.05) is 44.7 Å². The van der Waals surface area contributed by atoms with Gasteiger partial charge < -0.3 is 19.9 Å². The molecule has 1 N–H and O–H groups in total. The zero-order valence-electron chi connectivity index (χ0n) is 16.4. The van der Waals surface area contributed by atoms with Gasteiger partial charge in [-0.05, 0) is 50.3 Å². The van der Waals surface area contributed by atoms with Crippen LogP contribution in [-0.2, 0) is 9.53 Å². The molecule has 1 atom stereocenters. The Balaban J connectivity index is 1.52. The van der Waals surface area contributed by atoms with E-state index >= 15 is 0 Å². The molecular formula is C21H28ClN3O3. The molecule has 1 spiro atoms. The topological polar surface area (TPSA) is 61.9 Å². The summed E-state index contributed by atoms with van der Waals surface area (Å²) in [6, 6.07) is 5.33. The summed E-state index contributed by atoms with van der Waals surface area (Å²) in [5, 5.41) is 3.62. The van der Waals surface area contributed by atoms with Crippen molar-refractivity contribution in [2.24, 2.45) is 11.3 Å². The maximum Gasteiger partial charge on any atom is 0.321 e. The first kappa shape index (κ1) is 19.5.